The zero-order valence-corrected chi connectivity index (χ0v) is 15.7. The van der Waals surface area contributed by atoms with E-state index in [0.717, 1.165) is 19.3 Å². The van der Waals surface area contributed by atoms with Crippen LogP contribution in [0.2, 0.25) is 0 Å². The summed E-state index contributed by atoms with van der Waals surface area (Å²) in [6, 6.07) is 4.43. The van der Waals surface area contributed by atoms with Crippen LogP contribution in [0.1, 0.15) is 54.9 Å². The zero-order valence-electron chi connectivity index (χ0n) is 15.7. The number of hydrogen-bond acceptors (Lipinski definition) is 5. The Bertz CT molecular complexity index is 861. The molecule has 2 fully saturated rings. The fourth-order valence-electron chi connectivity index (χ4n) is 4.04. The molecule has 1 aromatic carbocycles. The number of hydrogen-bond donors (Lipinski definition) is 2. The Hall–Kier alpha value is -2.90. The fourth-order valence-corrected chi connectivity index (χ4v) is 4.04. The van der Waals surface area contributed by atoms with Gasteiger partial charge in [0.1, 0.15) is 11.8 Å². The Morgan fingerprint density at radius 2 is 2.11 bits per heavy atom. The molecule has 1 aliphatic carbocycles. The second-order valence-corrected chi connectivity index (χ2v) is 7.93. The highest BCUT2D eigenvalue weighted by Gasteiger charge is 2.40. The van der Waals surface area contributed by atoms with E-state index in [1.54, 1.807) is 18.2 Å². The maximum Gasteiger partial charge on any atom is 0.258 e. The van der Waals surface area contributed by atoms with Crippen molar-refractivity contribution >= 4 is 23.6 Å². The number of rotatable bonds is 5. The minimum Gasteiger partial charge on any atom is -0.483 e. The molecule has 8 heteroatoms. The summed E-state index contributed by atoms with van der Waals surface area (Å²) in [5, 5.41) is 5.27. The van der Waals surface area contributed by atoms with Crippen molar-refractivity contribution in [2.45, 2.75) is 57.2 Å². The molecule has 2 N–H and O–H groups in total. The van der Waals surface area contributed by atoms with E-state index in [1.807, 2.05) is 6.92 Å². The number of carbonyl (C=O) groups is 4. The van der Waals surface area contributed by atoms with E-state index in [4.69, 9.17) is 4.74 Å². The van der Waals surface area contributed by atoms with Crippen LogP contribution in [0.4, 0.5) is 0 Å². The first-order chi connectivity index (χ1) is 13.4. The normalized spacial score (nSPS) is 23.0. The zero-order chi connectivity index (χ0) is 19.9. The largest absolute Gasteiger partial charge is 0.483 e. The molecular formula is C20H23N3O5. The molecule has 4 rings (SSSR count). The predicted octanol–water partition coefficient (Wildman–Crippen LogP) is 0.885. The molecule has 1 unspecified atom stereocenters. The second kappa shape index (κ2) is 6.92. The van der Waals surface area contributed by atoms with Crippen molar-refractivity contribution < 1.29 is 23.9 Å². The minimum absolute atomic E-state index is 0.126. The Labute approximate surface area is 162 Å². The van der Waals surface area contributed by atoms with Gasteiger partial charge in [0.05, 0.1) is 6.54 Å². The van der Waals surface area contributed by atoms with Crippen molar-refractivity contribution in [1.82, 2.24) is 15.5 Å². The van der Waals surface area contributed by atoms with Crippen LogP contribution in [0.25, 0.3) is 0 Å². The van der Waals surface area contributed by atoms with Gasteiger partial charge < -0.3 is 15.0 Å². The van der Waals surface area contributed by atoms with Gasteiger partial charge in [-0.2, -0.15) is 0 Å². The summed E-state index contributed by atoms with van der Waals surface area (Å²) in [7, 11) is 0. The predicted molar refractivity (Wildman–Crippen MR) is 98.4 cm³/mol. The Balaban J connectivity index is 1.44. The summed E-state index contributed by atoms with van der Waals surface area (Å²) >= 11 is 0. The number of ether oxygens (including phenoxy) is 1. The standard InChI is InChI=1S/C20H23N3O5/c1-20(8-3-9-20)22-17(25)11-28-15-5-2-4-12-13(15)10-23(19(12)27)14-6-7-16(24)21-18(14)26/h2,4-5,14H,3,6-11H2,1H3,(H,22,25)(H,21,24,26). The van der Waals surface area contributed by atoms with Gasteiger partial charge in [0.2, 0.25) is 11.8 Å². The third-order valence-electron chi connectivity index (χ3n) is 5.80. The van der Waals surface area contributed by atoms with Crippen LogP contribution in [-0.4, -0.2) is 46.7 Å². The van der Waals surface area contributed by atoms with Gasteiger partial charge in [-0.1, -0.05) is 6.07 Å². The van der Waals surface area contributed by atoms with Gasteiger partial charge in [0.15, 0.2) is 6.61 Å². The Kier molecular flexibility index (Phi) is 4.56. The number of nitrogens with one attached hydrogen (secondary N) is 2. The summed E-state index contributed by atoms with van der Waals surface area (Å²) in [4.78, 5) is 49.9. The maximum atomic E-state index is 12.8. The molecule has 1 saturated heterocycles. The maximum absolute atomic E-state index is 12.8. The van der Waals surface area contributed by atoms with Crippen molar-refractivity contribution in [1.29, 1.82) is 0 Å². The van der Waals surface area contributed by atoms with Gasteiger partial charge in [0.25, 0.3) is 11.8 Å². The average molecular weight is 385 g/mol. The van der Waals surface area contributed by atoms with Crippen LogP contribution in [0.5, 0.6) is 5.75 Å². The van der Waals surface area contributed by atoms with Crippen molar-refractivity contribution in [2.75, 3.05) is 6.61 Å². The lowest BCUT2D eigenvalue weighted by Gasteiger charge is -2.39. The van der Waals surface area contributed by atoms with Gasteiger partial charge >= 0.3 is 0 Å². The third kappa shape index (κ3) is 3.34. The summed E-state index contributed by atoms with van der Waals surface area (Å²) in [6.07, 6.45) is 3.56. The molecular weight excluding hydrogens is 362 g/mol. The Morgan fingerprint density at radius 3 is 2.79 bits per heavy atom. The topological polar surface area (TPSA) is 105 Å². The number of fused-ring (bicyclic) bond motifs is 1. The van der Waals surface area contributed by atoms with Gasteiger partial charge in [-0.25, -0.2) is 0 Å². The van der Waals surface area contributed by atoms with E-state index >= 15 is 0 Å². The van der Waals surface area contributed by atoms with E-state index in [-0.39, 0.29) is 42.8 Å². The summed E-state index contributed by atoms with van der Waals surface area (Å²) in [5.74, 6) is -0.754. The van der Waals surface area contributed by atoms with E-state index in [1.165, 1.54) is 4.90 Å². The van der Waals surface area contributed by atoms with Gasteiger partial charge in [-0.05, 0) is 44.7 Å². The van der Waals surface area contributed by atoms with Gasteiger partial charge in [0, 0.05) is 23.1 Å². The number of carbonyl (C=O) groups excluding carboxylic acids is 4. The van der Waals surface area contributed by atoms with Crippen molar-refractivity contribution in [3.63, 3.8) is 0 Å². The molecule has 8 nitrogen and oxygen atoms in total. The number of benzene rings is 1. The molecule has 2 aliphatic heterocycles. The van der Waals surface area contributed by atoms with Gasteiger partial charge in [-0.15, -0.1) is 0 Å². The molecule has 0 bridgehead atoms. The first-order valence-corrected chi connectivity index (χ1v) is 9.57. The number of piperidine rings is 1. The first-order valence-electron chi connectivity index (χ1n) is 9.57. The SMILES string of the molecule is CC1(NC(=O)COc2cccc3c2CN(C2CCC(=O)NC2=O)C3=O)CCC1. The van der Waals surface area contributed by atoms with Crippen LogP contribution in [0.15, 0.2) is 18.2 Å². The molecule has 1 aromatic rings. The second-order valence-electron chi connectivity index (χ2n) is 7.93. The van der Waals surface area contributed by atoms with Crippen molar-refractivity contribution in [3.05, 3.63) is 29.3 Å². The molecule has 0 aromatic heterocycles. The molecule has 3 aliphatic rings. The average Bonchev–Trinajstić information content (AvgIpc) is 2.96. The van der Waals surface area contributed by atoms with Crippen LogP contribution in [-0.2, 0) is 20.9 Å². The quantitative estimate of drug-likeness (QED) is 0.733. The molecule has 28 heavy (non-hydrogen) atoms. The fraction of sp³-hybridized carbons (Fsp3) is 0.500. The lowest BCUT2D eigenvalue weighted by Crippen LogP contribution is -2.52. The molecule has 0 radical (unpaired) electrons. The third-order valence-corrected chi connectivity index (χ3v) is 5.80. The highest BCUT2D eigenvalue weighted by molar-refractivity contribution is 6.05. The van der Waals surface area contributed by atoms with Crippen LogP contribution in [0.3, 0.4) is 0 Å². The molecule has 2 heterocycles. The highest BCUT2D eigenvalue weighted by atomic mass is 16.5. The molecule has 148 valence electrons. The number of nitrogens with zero attached hydrogens (tertiary/aromatic N) is 1. The monoisotopic (exact) mass is 385 g/mol. The van der Waals surface area contributed by atoms with Crippen LogP contribution in [0, 0.1) is 0 Å². The van der Waals surface area contributed by atoms with Crippen molar-refractivity contribution in [2.24, 2.45) is 0 Å². The molecule has 4 amide bonds. The highest BCUT2D eigenvalue weighted by Crippen LogP contribution is 2.34. The van der Waals surface area contributed by atoms with E-state index in [2.05, 4.69) is 10.6 Å². The molecule has 1 atom stereocenters. The molecule has 1 saturated carbocycles. The van der Waals surface area contributed by atoms with Crippen LogP contribution < -0.4 is 15.4 Å². The summed E-state index contributed by atoms with van der Waals surface area (Å²) in [5.41, 5.74) is 0.992. The van der Waals surface area contributed by atoms with Crippen molar-refractivity contribution in [3.8, 4) is 5.75 Å². The van der Waals surface area contributed by atoms with Gasteiger partial charge in [-0.3, -0.25) is 24.5 Å². The smallest absolute Gasteiger partial charge is 0.258 e. The summed E-state index contributed by atoms with van der Waals surface area (Å²) in [6.45, 7) is 2.11. The minimum atomic E-state index is -0.674. The first kappa shape index (κ1) is 18.5. The number of amides is 4. The van der Waals surface area contributed by atoms with E-state index < -0.39 is 11.9 Å². The summed E-state index contributed by atoms with van der Waals surface area (Å²) < 4.78 is 5.71. The van der Waals surface area contributed by atoms with E-state index in [0.29, 0.717) is 23.3 Å². The lowest BCUT2D eigenvalue weighted by molar-refractivity contribution is -0.137. The van der Waals surface area contributed by atoms with E-state index in [9.17, 15) is 19.2 Å². The Morgan fingerprint density at radius 1 is 1.32 bits per heavy atom. The number of imide groups is 1. The molecule has 0 spiro atoms. The lowest BCUT2D eigenvalue weighted by atomic mass is 9.78. The van der Waals surface area contributed by atoms with Crippen LogP contribution >= 0.6 is 0 Å².